The third-order valence-electron chi connectivity index (χ3n) is 4.47. The molecule has 22 heavy (non-hydrogen) atoms. The largest absolute Gasteiger partial charge is 0.368 e. The normalized spacial score (nSPS) is 14.2. The molecule has 2 heteroatoms. The van der Waals surface area contributed by atoms with Crippen molar-refractivity contribution >= 4 is 0 Å². The fourth-order valence-electron chi connectivity index (χ4n) is 3.04. The van der Waals surface area contributed by atoms with Crippen LogP contribution in [0.5, 0.6) is 0 Å². The molecule has 0 aliphatic carbocycles. The second-order valence-corrected chi connectivity index (χ2v) is 6.80. The lowest BCUT2D eigenvalue weighted by Gasteiger charge is -2.17. The molecular weight excluding hydrogens is 272 g/mol. The lowest BCUT2D eigenvalue weighted by Crippen LogP contribution is -2.18. The number of hydrogen-bond donors (Lipinski definition) is 1. The molecule has 0 amide bonds. The van der Waals surface area contributed by atoms with Gasteiger partial charge in [0.15, 0.2) is 6.29 Å². The van der Waals surface area contributed by atoms with Crippen LogP contribution in [0.2, 0.25) is 0 Å². The Balaban J connectivity index is 3.16. The predicted molar refractivity (Wildman–Crippen MR) is 97.2 cm³/mol. The Morgan fingerprint density at radius 2 is 1.09 bits per heavy atom. The van der Waals surface area contributed by atoms with E-state index >= 15 is 0 Å². The lowest BCUT2D eigenvalue weighted by molar-refractivity contribution is -0.126. The van der Waals surface area contributed by atoms with Gasteiger partial charge in [0.2, 0.25) is 0 Å². The maximum Gasteiger partial charge on any atom is 0.152 e. The van der Waals surface area contributed by atoms with Crippen LogP contribution in [0, 0.1) is 0 Å². The smallest absolute Gasteiger partial charge is 0.152 e. The van der Waals surface area contributed by atoms with Gasteiger partial charge in [0.1, 0.15) is 0 Å². The van der Waals surface area contributed by atoms with Gasteiger partial charge < -0.3 is 9.84 Å². The van der Waals surface area contributed by atoms with E-state index in [2.05, 4.69) is 13.8 Å². The number of hydrogen-bond acceptors (Lipinski definition) is 2. The van der Waals surface area contributed by atoms with E-state index in [9.17, 15) is 5.11 Å². The number of rotatable bonds is 17. The van der Waals surface area contributed by atoms with Gasteiger partial charge in [-0.05, 0) is 19.8 Å². The van der Waals surface area contributed by atoms with Crippen LogP contribution in [0.15, 0.2) is 0 Å². The summed E-state index contributed by atoms with van der Waals surface area (Å²) in [6, 6.07) is 0. The summed E-state index contributed by atoms with van der Waals surface area (Å²) in [7, 11) is 0. The highest BCUT2D eigenvalue weighted by Gasteiger charge is 2.08. The molecule has 0 saturated heterocycles. The Kier molecular flexibility index (Phi) is 17.2. The minimum Gasteiger partial charge on any atom is -0.368 e. The van der Waals surface area contributed by atoms with E-state index in [1.54, 1.807) is 6.92 Å². The molecule has 0 aliphatic rings. The molecule has 0 saturated carbocycles. The van der Waals surface area contributed by atoms with Crippen molar-refractivity contribution < 1.29 is 9.84 Å². The minimum atomic E-state index is -0.619. The fraction of sp³-hybridized carbons (Fsp3) is 1.00. The first-order valence-corrected chi connectivity index (χ1v) is 10.0. The van der Waals surface area contributed by atoms with E-state index in [4.69, 9.17) is 4.74 Å². The molecular formula is C20H42O2. The molecule has 0 aromatic carbocycles. The molecule has 2 atom stereocenters. The molecule has 1 N–H and O–H groups in total. The van der Waals surface area contributed by atoms with Crippen LogP contribution in [0.1, 0.15) is 117 Å². The maximum atomic E-state index is 9.24. The number of unbranched alkanes of at least 4 members (excludes halogenated alkanes) is 12. The van der Waals surface area contributed by atoms with E-state index in [0.29, 0.717) is 0 Å². The van der Waals surface area contributed by atoms with Gasteiger partial charge in [-0.1, -0.05) is 97.3 Å². The molecule has 0 heterocycles. The number of aliphatic hydroxyl groups excluding tert-OH is 1. The van der Waals surface area contributed by atoms with Gasteiger partial charge in [0.05, 0.1) is 6.10 Å². The zero-order chi connectivity index (χ0) is 16.5. The Labute approximate surface area is 140 Å². The van der Waals surface area contributed by atoms with Crippen LogP contribution in [0.25, 0.3) is 0 Å². The van der Waals surface area contributed by atoms with E-state index in [0.717, 1.165) is 12.8 Å². The van der Waals surface area contributed by atoms with E-state index in [1.165, 1.54) is 83.5 Å². The van der Waals surface area contributed by atoms with Crippen LogP contribution in [-0.2, 0) is 4.74 Å². The molecule has 0 aromatic heterocycles. The van der Waals surface area contributed by atoms with Crippen LogP contribution in [0.4, 0.5) is 0 Å². The molecule has 134 valence electrons. The highest BCUT2D eigenvalue weighted by Crippen LogP contribution is 2.15. The van der Waals surface area contributed by atoms with Crippen molar-refractivity contribution in [2.75, 3.05) is 0 Å². The minimum absolute atomic E-state index is 0.243. The first-order chi connectivity index (χ1) is 10.7. The average molecular weight is 315 g/mol. The number of ether oxygens (including phenoxy) is 1. The summed E-state index contributed by atoms with van der Waals surface area (Å²) >= 11 is 0. The van der Waals surface area contributed by atoms with Gasteiger partial charge in [-0.15, -0.1) is 0 Å². The summed E-state index contributed by atoms with van der Waals surface area (Å²) < 4.78 is 5.46. The summed E-state index contributed by atoms with van der Waals surface area (Å²) in [5.41, 5.74) is 0. The fourth-order valence-corrected chi connectivity index (χ4v) is 3.04. The molecule has 0 fully saturated rings. The van der Waals surface area contributed by atoms with Crippen LogP contribution in [-0.4, -0.2) is 17.5 Å². The van der Waals surface area contributed by atoms with Crippen molar-refractivity contribution in [1.82, 2.24) is 0 Å². The first-order valence-electron chi connectivity index (χ1n) is 10.0. The summed E-state index contributed by atoms with van der Waals surface area (Å²) in [4.78, 5) is 0. The lowest BCUT2D eigenvalue weighted by atomic mass is 10.0. The molecule has 0 bridgehead atoms. The van der Waals surface area contributed by atoms with Crippen molar-refractivity contribution in [3.8, 4) is 0 Å². The maximum absolute atomic E-state index is 9.24. The van der Waals surface area contributed by atoms with E-state index < -0.39 is 6.29 Å². The monoisotopic (exact) mass is 314 g/mol. The molecule has 0 rings (SSSR count). The first kappa shape index (κ1) is 21.9. The van der Waals surface area contributed by atoms with Gasteiger partial charge >= 0.3 is 0 Å². The van der Waals surface area contributed by atoms with Gasteiger partial charge in [0, 0.05) is 0 Å². The Bertz CT molecular complexity index is 204. The molecule has 0 aliphatic heterocycles. The summed E-state index contributed by atoms with van der Waals surface area (Å²) in [5, 5.41) is 9.24. The molecule has 2 nitrogen and oxygen atoms in total. The quantitative estimate of drug-likeness (QED) is 0.242. The van der Waals surface area contributed by atoms with Crippen LogP contribution >= 0.6 is 0 Å². The molecule has 0 radical (unpaired) electrons. The Morgan fingerprint density at radius 3 is 1.45 bits per heavy atom. The average Bonchev–Trinajstić information content (AvgIpc) is 2.50. The van der Waals surface area contributed by atoms with Crippen molar-refractivity contribution in [3.63, 3.8) is 0 Å². The van der Waals surface area contributed by atoms with Crippen molar-refractivity contribution in [2.24, 2.45) is 0 Å². The van der Waals surface area contributed by atoms with Gasteiger partial charge in [-0.3, -0.25) is 0 Å². The van der Waals surface area contributed by atoms with Crippen molar-refractivity contribution in [2.45, 2.75) is 129 Å². The molecule has 0 aromatic rings. The van der Waals surface area contributed by atoms with Gasteiger partial charge in [-0.2, -0.15) is 0 Å². The summed E-state index contributed by atoms with van der Waals surface area (Å²) in [6.07, 6.45) is 19.9. The zero-order valence-corrected chi connectivity index (χ0v) is 15.6. The Morgan fingerprint density at radius 1 is 0.682 bits per heavy atom. The van der Waals surface area contributed by atoms with Crippen molar-refractivity contribution in [3.05, 3.63) is 0 Å². The van der Waals surface area contributed by atoms with E-state index in [1.807, 2.05) is 0 Å². The summed E-state index contributed by atoms with van der Waals surface area (Å²) in [5.74, 6) is 0. The predicted octanol–water partition coefficient (Wildman–Crippen LogP) is 6.60. The highest BCUT2D eigenvalue weighted by molar-refractivity contribution is 4.57. The second-order valence-electron chi connectivity index (χ2n) is 6.80. The van der Waals surface area contributed by atoms with Gasteiger partial charge in [0.25, 0.3) is 0 Å². The third kappa shape index (κ3) is 16.3. The van der Waals surface area contributed by atoms with Gasteiger partial charge in [-0.25, -0.2) is 0 Å². The topological polar surface area (TPSA) is 29.5 Å². The molecule has 2 unspecified atom stereocenters. The number of aliphatic hydroxyl groups is 1. The molecule has 0 spiro atoms. The summed E-state index contributed by atoms with van der Waals surface area (Å²) in [6.45, 7) is 6.12. The zero-order valence-electron chi connectivity index (χ0n) is 15.6. The highest BCUT2D eigenvalue weighted by atomic mass is 16.6. The third-order valence-corrected chi connectivity index (χ3v) is 4.47. The van der Waals surface area contributed by atoms with E-state index in [-0.39, 0.29) is 6.10 Å². The van der Waals surface area contributed by atoms with Crippen LogP contribution < -0.4 is 0 Å². The van der Waals surface area contributed by atoms with Crippen LogP contribution in [0.3, 0.4) is 0 Å². The Hall–Kier alpha value is -0.0800. The standard InChI is InChI=1S/C20H42O2/c1-4-6-7-8-9-10-11-12-13-14-15-16-17-18-20(5-2)22-19(3)21/h19-21H,4-18H2,1-3H3. The van der Waals surface area contributed by atoms with Crippen molar-refractivity contribution in [1.29, 1.82) is 0 Å². The SMILES string of the molecule is CCCCCCCCCCCCCCCC(CC)OC(C)O. The second kappa shape index (κ2) is 17.3.